The summed E-state index contributed by atoms with van der Waals surface area (Å²) in [5.41, 5.74) is 6.44. The molecule has 0 saturated heterocycles. The van der Waals surface area contributed by atoms with Gasteiger partial charge in [0.1, 0.15) is 0 Å². The lowest BCUT2D eigenvalue weighted by atomic mass is 10.0. The van der Waals surface area contributed by atoms with Crippen LogP contribution in [0, 0.1) is 6.92 Å². The number of hydrogen-bond donors (Lipinski definition) is 2. The minimum Gasteiger partial charge on any atom is -0.271 e. The zero-order chi connectivity index (χ0) is 13.0. The fraction of sp³-hybridized carbons (Fsp3) is 0.385. The van der Waals surface area contributed by atoms with Gasteiger partial charge in [-0.15, -0.1) is 5.10 Å². The quantitative estimate of drug-likeness (QED) is 0.614. The van der Waals surface area contributed by atoms with Crippen LogP contribution in [0.1, 0.15) is 29.3 Å². The van der Waals surface area contributed by atoms with Crippen molar-refractivity contribution in [2.45, 2.75) is 25.8 Å². The van der Waals surface area contributed by atoms with E-state index in [0.717, 1.165) is 18.5 Å². The highest BCUT2D eigenvalue weighted by Gasteiger charge is 2.13. The molecule has 0 bridgehead atoms. The van der Waals surface area contributed by atoms with Crippen molar-refractivity contribution in [1.82, 2.24) is 20.4 Å². The van der Waals surface area contributed by atoms with E-state index in [2.05, 4.69) is 46.9 Å². The summed E-state index contributed by atoms with van der Waals surface area (Å²) in [7, 11) is 1.87. The molecule has 1 unspecified atom stereocenters. The molecule has 2 aromatic rings. The maximum absolute atomic E-state index is 5.61. The van der Waals surface area contributed by atoms with E-state index in [9.17, 15) is 0 Å². The van der Waals surface area contributed by atoms with Gasteiger partial charge in [-0.1, -0.05) is 35.0 Å². The molecule has 0 saturated carbocycles. The standard InChI is InChI=1S/C13H19N5/c1-10-4-3-5-11(8-10)6-7-12(16-14)13-9-15-17-18(13)2/h3-5,8-9,12,16H,6-7,14H2,1-2H3. The highest BCUT2D eigenvalue weighted by Crippen LogP contribution is 2.17. The number of aromatic nitrogens is 3. The van der Waals surface area contributed by atoms with E-state index in [-0.39, 0.29) is 6.04 Å². The molecule has 1 aromatic heterocycles. The summed E-state index contributed by atoms with van der Waals surface area (Å²) in [6.45, 7) is 2.10. The van der Waals surface area contributed by atoms with Crippen molar-refractivity contribution in [3.63, 3.8) is 0 Å². The lowest BCUT2D eigenvalue weighted by molar-refractivity contribution is 0.479. The Kier molecular flexibility index (Phi) is 4.07. The van der Waals surface area contributed by atoms with Crippen molar-refractivity contribution >= 4 is 0 Å². The minimum absolute atomic E-state index is 0.0745. The van der Waals surface area contributed by atoms with Gasteiger partial charge in [-0.2, -0.15) is 0 Å². The molecule has 0 aliphatic carbocycles. The average molecular weight is 245 g/mol. The van der Waals surface area contributed by atoms with Crippen LogP contribution in [0.25, 0.3) is 0 Å². The predicted octanol–water partition coefficient (Wildman–Crippen LogP) is 1.26. The van der Waals surface area contributed by atoms with Crippen LogP contribution >= 0.6 is 0 Å². The van der Waals surface area contributed by atoms with Gasteiger partial charge in [0, 0.05) is 7.05 Å². The Bertz CT molecular complexity index is 506. The lowest BCUT2D eigenvalue weighted by Crippen LogP contribution is -2.30. The summed E-state index contributed by atoms with van der Waals surface area (Å²) >= 11 is 0. The van der Waals surface area contributed by atoms with E-state index < -0.39 is 0 Å². The van der Waals surface area contributed by atoms with Crippen molar-refractivity contribution in [1.29, 1.82) is 0 Å². The van der Waals surface area contributed by atoms with Crippen molar-refractivity contribution in [2.75, 3.05) is 0 Å². The van der Waals surface area contributed by atoms with Gasteiger partial charge in [0.25, 0.3) is 0 Å². The van der Waals surface area contributed by atoms with E-state index in [4.69, 9.17) is 5.84 Å². The van der Waals surface area contributed by atoms with E-state index in [1.165, 1.54) is 11.1 Å². The lowest BCUT2D eigenvalue weighted by Gasteiger charge is -2.15. The first-order valence-electron chi connectivity index (χ1n) is 6.07. The van der Waals surface area contributed by atoms with Gasteiger partial charge < -0.3 is 0 Å². The Morgan fingerprint density at radius 3 is 2.89 bits per heavy atom. The number of nitrogens with two attached hydrogens (primary N) is 1. The van der Waals surface area contributed by atoms with Crippen LogP contribution in [-0.4, -0.2) is 15.0 Å². The third kappa shape index (κ3) is 2.94. The van der Waals surface area contributed by atoms with Crippen LogP contribution in [0.3, 0.4) is 0 Å². The van der Waals surface area contributed by atoms with E-state index in [0.29, 0.717) is 0 Å². The largest absolute Gasteiger partial charge is 0.271 e. The molecule has 1 atom stereocenters. The SMILES string of the molecule is Cc1cccc(CCC(NN)c2cnnn2C)c1. The number of nitrogens with zero attached hydrogens (tertiary/aromatic N) is 3. The molecule has 3 N–H and O–H groups in total. The Balaban J connectivity index is 2.02. The summed E-state index contributed by atoms with van der Waals surface area (Å²) in [5.74, 6) is 5.61. The summed E-state index contributed by atoms with van der Waals surface area (Å²) in [6, 6.07) is 8.61. The Morgan fingerprint density at radius 1 is 1.44 bits per heavy atom. The second kappa shape index (κ2) is 5.75. The molecule has 5 heteroatoms. The molecule has 0 spiro atoms. The Hall–Kier alpha value is -1.72. The molecule has 1 heterocycles. The van der Waals surface area contributed by atoms with Crippen LogP contribution < -0.4 is 11.3 Å². The van der Waals surface area contributed by atoms with Crippen molar-refractivity contribution in [3.8, 4) is 0 Å². The number of hydrogen-bond acceptors (Lipinski definition) is 4. The predicted molar refractivity (Wildman–Crippen MR) is 70.6 cm³/mol. The van der Waals surface area contributed by atoms with Gasteiger partial charge in [-0.05, 0) is 25.3 Å². The van der Waals surface area contributed by atoms with Crippen LogP contribution in [0.4, 0.5) is 0 Å². The van der Waals surface area contributed by atoms with Crippen LogP contribution in [0.2, 0.25) is 0 Å². The third-order valence-electron chi connectivity index (χ3n) is 3.11. The van der Waals surface area contributed by atoms with Gasteiger partial charge in [-0.3, -0.25) is 16.0 Å². The zero-order valence-corrected chi connectivity index (χ0v) is 10.8. The molecule has 0 radical (unpaired) electrons. The highest BCUT2D eigenvalue weighted by molar-refractivity contribution is 5.22. The summed E-state index contributed by atoms with van der Waals surface area (Å²) < 4.78 is 1.75. The van der Waals surface area contributed by atoms with Crippen molar-refractivity contribution in [2.24, 2.45) is 12.9 Å². The summed E-state index contributed by atoms with van der Waals surface area (Å²) in [6.07, 6.45) is 3.64. The molecule has 0 aliphatic rings. The van der Waals surface area contributed by atoms with E-state index >= 15 is 0 Å². The number of hydrazine groups is 1. The first-order chi connectivity index (χ1) is 8.70. The second-order valence-corrected chi connectivity index (χ2v) is 4.53. The third-order valence-corrected chi connectivity index (χ3v) is 3.11. The molecule has 96 valence electrons. The molecule has 0 aliphatic heterocycles. The average Bonchev–Trinajstić information content (AvgIpc) is 2.77. The molecule has 5 nitrogen and oxygen atoms in total. The van der Waals surface area contributed by atoms with Crippen LogP contribution in [-0.2, 0) is 13.5 Å². The normalized spacial score (nSPS) is 12.6. The maximum atomic E-state index is 5.61. The minimum atomic E-state index is 0.0745. The smallest absolute Gasteiger partial charge is 0.0766 e. The first kappa shape index (κ1) is 12.7. The summed E-state index contributed by atoms with van der Waals surface area (Å²) in [5, 5.41) is 7.80. The Morgan fingerprint density at radius 2 is 2.28 bits per heavy atom. The molecule has 0 amide bonds. The zero-order valence-electron chi connectivity index (χ0n) is 10.8. The van der Waals surface area contributed by atoms with Crippen LogP contribution in [0.15, 0.2) is 30.5 Å². The first-order valence-corrected chi connectivity index (χ1v) is 6.07. The fourth-order valence-electron chi connectivity index (χ4n) is 2.11. The molecule has 18 heavy (non-hydrogen) atoms. The maximum Gasteiger partial charge on any atom is 0.0766 e. The number of benzene rings is 1. The second-order valence-electron chi connectivity index (χ2n) is 4.53. The number of nitrogens with one attached hydrogen (secondary N) is 1. The highest BCUT2D eigenvalue weighted by atomic mass is 15.4. The fourth-order valence-corrected chi connectivity index (χ4v) is 2.11. The van der Waals surface area contributed by atoms with Gasteiger partial charge in [0.15, 0.2) is 0 Å². The molecule has 1 aromatic carbocycles. The molecular formula is C13H19N5. The molecule has 2 rings (SSSR count). The van der Waals surface area contributed by atoms with Crippen LogP contribution in [0.5, 0.6) is 0 Å². The summed E-state index contributed by atoms with van der Waals surface area (Å²) in [4.78, 5) is 0. The monoisotopic (exact) mass is 245 g/mol. The van der Waals surface area contributed by atoms with E-state index in [1.54, 1.807) is 10.9 Å². The molecular weight excluding hydrogens is 226 g/mol. The van der Waals surface area contributed by atoms with Gasteiger partial charge in [-0.25, -0.2) is 0 Å². The topological polar surface area (TPSA) is 68.8 Å². The van der Waals surface area contributed by atoms with Crippen molar-refractivity contribution < 1.29 is 0 Å². The van der Waals surface area contributed by atoms with Gasteiger partial charge >= 0.3 is 0 Å². The van der Waals surface area contributed by atoms with Gasteiger partial charge in [0.05, 0.1) is 17.9 Å². The number of rotatable bonds is 5. The van der Waals surface area contributed by atoms with E-state index in [1.807, 2.05) is 7.05 Å². The molecule has 0 fully saturated rings. The van der Waals surface area contributed by atoms with Crippen molar-refractivity contribution in [3.05, 3.63) is 47.3 Å². The Labute approximate surface area is 107 Å². The number of aryl methyl sites for hydroxylation is 3. The van der Waals surface area contributed by atoms with Gasteiger partial charge in [0.2, 0.25) is 0 Å².